The van der Waals surface area contributed by atoms with Gasteiger partial charge in [-0.1, -0.05) is 41.4 Å². The first kappa shape index (κ1) is 24.5. The summed E-state index contributed by atoms with van der Waals surface area (Å²) in [5, 5.41) is 3.09. The molecule has 1 N–H and O–H groups in total. The molecule has 0 bridgehead atoms. The van der Waals surface area contributed by atoms with Crippen LogP contribution in [-0.4, -0.2) is 26.7 Å². The number of benzene rings is 3. The number of sulfonamides is 1. The van der Waals surface area contributed by atoms with Crippen molar-refractivity contribution in [3.63, 3.8) is 0 Å². The SMILES string of the molecule is C=CCN(c1ccc(Cl)cc1)S(=O)(=O)c1cc(C(=O)Nc2cccc(C(C)=O)c2)ccc1Cl. The van der Waals surface area contributed by atoms with Crippen LogP contribution in [-0.2, 0) is 10.0 Å². The van der Waals surface area contributed by atoms with E-state index in [-0.39, 0.29) is 27.8 Å². The van der Waals surface area contributed by atoms with Crippen LogP contribution in [0.4, 0.5) is 11.4 Å². The summed E-state index contributed by atoms with van der Waals surface area (Å²) in [7, 11) is -4.14. The molecular weight excluding hydrogens is 483 g/mol. The van der Waals surface area contributed by atoms with Crippen LogP contribution in [0.1, 0.15) is 27.6 Å². The van der Waals surface area contributed by atoms with Crippen molar-refractivity contribution in [1.29, 1.82) is 0 Å². The number of Topliss-reactive ketones (excluding diaryl/α,β-unsaturated/α-hetero) is 1. The maximum absolute atomic E-state index is 13.5. The van der Waals surface area contributed by atoms with E-state index < -0.39 is 15.9 Å². The Labute approximate surface area is 202 Å². The Balaban J connectivity index is 1.97. The number of nitrogens with one attached hydrogen (secondary N) is 1. The number of amides is 1. The van der Waals surface area contributed by atoms with Crippen molar-refractivity contribution in [1.82, 2.24) is 0 Å². The first-order chi connectivity index (χ1) is 15.6. The van der Waals surface area contributed by atoms with Crippen molar-refractivity contribution in [2.45, 2.75) is 11.8 Å². The van der Waals surface area contributed by atoms with Crippen molar-refractivity contribution in [3.05, 3.63) is 101 Å². The Morgan fingerprint density at radius 2 is 1.70 bits per heavy atom. The zero-order chi connectivity index (χ0) is 24.2. The molecule has 0 heterocycles. The third-order valence-electron chi connectivity index (χ3n) is 4.70. The van der Waals surface area contributed by atoms with E-state index in [1.54, 1.807) is 48.5 Å². The van der Waals surface area contributed by atoms with Gasteiger partial charge in [0.1, 0.15) is 4.90 Å². The number of carbonyl (C=O) groups excluding carboxylic acids is 2. The van der Waals surface area contributed by atoms with Crippen molar-refractivity contribution in [2.75, 3.05) is 16.2 Å². The van der Waals surface area contributed by atoms with Gasteiger partial charge in [-0.3, -0.25) is 13.9 Å². The molecule has 3 aromatic carbocycles. The van der Waals surface area contributed by atoms with Crippen LogP contribution in [0, 0.1) is 0 Å². The smallest absolute Gasteiger partial charge is 0.266 e. The molecule has 6 nitrogen and oxygen atoms in total. The molecule has 0 unspecified atom stereocenters. The molecule has 0 radical (unpaired) electrons. The predicted octanol–water partition coefficient (Wildman–Crippen LogP) is 5.83. The van der Waals surface area contributed by atoms with Gasteiger partial charge in [-0.15, -0.1) is 6.58 Å². The van der Waals surface area contributed by atoms with Gasteiger partial charge >= 0.3 is 0 Å². The van der Waals surface area contributed by atoms with Gasteiger partial charge in [-0.25, -0.2) is 8.42 Å². The molecule has 33 heavy (non-hydrogen) atoms. The number of carbonyl (C=O) groups is 2. The van der Waals surface area contributed by atoms with Gasteiger partial charge in [0.15, 0.2) is 5.78 Å². The van der Waals surface area contributed by atoms with Crippen LogP contribution in [0.15, 0.2) is 84.3 Å². The van der Waals surface area contributed by atoms with E-state index in [1.165, 1.54) is 31.2 Å². The minimum atomic E-state index is -4.14. The summed E-state index contributed by atoms with van der Waals surface area (Å²) in [5.74, 6) is -0.693. The second kappa shape index (κ2) is 10.2. The maximum Gasteiger partial charge on any atom is 0.266 e. The lowest BCUT2D eigenvalue weighted by atomic mass is 10.1. The molecule has 0 atom stereocenters. The first-order valence-corrected chi connectivity index (χ1v) is 11.9. The number of rotatable bonds is 8. The highest BCUT2D eigenvalue weighted by atomic mass is 35.5. The Bertz CT molecular complexity index is 1320. The van der Waals surface area contributed by atoms with Crippen molar-refractivity contribution >= 4 is 56.3 Å². The van der Waals surface area contributed by atoms with E-state index in [4.69, 9.17) is 23.2 Å². The largest absolute Gasteiger partial charge is 0.322 e. The maximum atomic E-state index is 13.5. The van der Waals surface area contributed by atoms with E-state index in [9.17, 15) is 18.0 Å². The fraction of sp³-hybridized carbons (Fsp3) is 0.0833. The molecule has 0 aliphatic carbocycles. The Kier molecular flexibility index (Phi) is 7.58. The number of ketones is 1. The fourth-order valence-electron chi connectivity index (χ4n) is 3.05. The van der Waals surface area contributed by atoms with Gasteiger partial charge in [0, 0.05) is 21.8 Å². The van der Waals surface area contributed by atoms with Crippen LogP contribution in [0.2, 0.25) is 10.0 Å². The molecule has 9 heteroatoms. The third-order valence-corrected chi connectivity index (χ3v) is 7.23. The summed E-state index contributed by atoms with van der Waals surface area (Å²) in [6.45, 7) is 5.04. The molecule has 0 saturated carbocycles. The average molecular weight is 503 g/mol. The Morgan fingerprint density at radius 1 is 1.00 bits per heavy atom. The highest BCUT2D eigenvalue weighted by Crippen LogP contribution is 2.30. The van der Waals surface area contributed by atoms with Gasteiger partial charge in [-0.2, -0.15) is 0 Å². The second-order valence-corrected chi connectivity index (χ2v) is 9.71. The molecule has 0 aromatic heterocycles. The normalized spacial score (nSPS) is 11.0. The first-order valence-electron chi connectivity index (χ1n) is 9.74. The lowest BCUT2D eigenvalue weighted by molar-refractivity contribution is 0.101. The lowest BCUT2D eigenvalue weighted by Gasteiger charge is -2.24. The quantitative estimate of drug-likeness (QED) is 0.310. The van der Waals surface area contributed by atoms with Crippen molar-refractivity contribution in [3.8, 4) is 0 Å². The van der Waals surface area contributed by atoms with Crippen molar-refractivity contribution in [2.24, 2.45) is 0 Å². The topological polar surface area (TPSA) is 83.6 Å². The molecule has 3 rings (SSSR count). The van der Waals surface area contributed by atoms with Gasteiger partial charge in [0.2, 0.25) is 0 Å². The predicted molar refractivity (Wildman–Crippen MR) is 132 cm³/mol. The number of nitrogens with zero attached hydrogens (tertiary/aromatic N) is 1. The Morgan fingerprint density at radius 3 is 2.33 bits per heavy atom. The molecule has 0 aliphatic rings. The number of hydrogen-bond donors (Lipinski definition) is 1. The minimum Gasteiger partial charge on any atom is -0.322 e. The van der Waals surface area contributed by atoms with E-state index in [0.29, 0.717) is 22.0 Å². The molecule has 3 aromatic rings. The lowest BCUT2D eigenvalue weighted by Crippen LogP contribution is -2.31. The number of anilines is 2. The number of halogens is 2. The van der Waals surface area contributed by atoms with Crippen LogP contribution >= 0.6 is 23.2 Å². The van der Waals surface area contributed by atoms with E-state index in [1.807, 2.05) is 0 Å². The average Bonchev–Trinajstić information content (AvgIpc) is 2.78. The second-order valence-electron chi connectivity index (χ2n) is 7.04. The third kappa shape index (κ3) is 5.63. The molecule has 0 saturated heterocycles. The Hall–Kier alpha value is -3.13. The minimum absolute atomic E-state index is 0.0193. The standard InChI is InChI=1S/C24H20Cl2N2O4S/c1-3-13-28(21-10-8-19(25)9-11-21)33(31,32)23-15-18(7-12-22(23)26)24(30)27-20-6-4-5-17(14-20)16(2)29/h3-12,14-15H,1,13H2,2H3,(H,27,30). The van der Waals surface area contributed by atoms with Crippen molar-refractivity contribution < 1.29 is 18.0 Å². The summed E-state index contributed by atoms with van der Waals surface area (Å²) in [4.78, 5) is 24.2. The highest BCUT2D eigenvalue weighted by molar-refractivity contribution is 7.93. The molecule has 0 fully saturated rings. The molecule has 0 spiro atoms. The van der Waals surface area contributed by atoms with Crippen LogP contribution in [0.5, 0.6) is 0 Å². The summed E-state index contributed by atoms with van der Waals surface area (Å²) < 4.78 is 28.1. The van der Waals surface area contributed by atoms with Gasteiger partial charge in [0.05, 0.1) is 17.3 Å². The monoisotopic (exact) mass is 502 g/mol. The van der Waals surface area contributed by atoms with E-state index in [0.717, 1.165) is 4.31 Å². The summed E-state index contributed by atoms with van der Waals surface area (Å²) in [6, 6.07) is 16.7. The highest BCUT2D eigenvalue weighted by Gasteiger charge is 2.27. The zero-order valence-electron chi connectivity index (χ0n) is 17.6. The fourth-order valence-corrected chi connectivity index (χ4v) is 5.11. The molecule has 1 amide bonds. The zero-order valence-corrected chi connectivity index (χ0v) is 19.9. The van der Waals surface area contributed by atoms with E-state index >= 15 is 0 Å². The molecule has 0 aliphatic heterocycles. The summed E-state index contributed by atoms with van der Waals surface area (Å²) >= 11 is 12.2. The van der Waals surface area contributed by atoms with Gasteiger partial charge < -0.3 is 5.32 Å². The van der Waals surface area contributed by atoms with Crippen LogP contribution < -0.4 is 9.62 Å². The molecular formula is C24H20Cl2N2O4S. The van der Waals surface area contributed by atoms with Crippen LogP contribution in [0.3, 0.4) is 0 Å². The van der Waals surface area contributed by atoms with E-state index in [2.05, 4.69) is 11.9 Å². The van der Waals surface area contributed by atoms with Gasteiger partial charge in [0.25, 0.3) is 15.9 Å². The van der Waals surface area contributed by atoms with Crippen LogP contribution in [0.25, 0.3) is 0 Å². The van der Waals surface area contributed by atoms with Gasteiger partial charge in [-0.05, 0) is 61.5 Å². The number of hydrogen-bond acceptors (Lipinski definition) is 4. The molecule has 170 valence electrons. The summed E-state index contributed by atoms with van der Waals surface area (Å²) in [6.07, 6.45) is 1.44. The summed E-state index contributed by atoms with van der Waals surface area (Å²) in [5.41, 5.74) is 1.30.